The second-order valence-corrected chi connectivity index (χ2v) is 4.60. The van der Waals surface area contributed by atoms with Crippen molar-refractivity contribution >= 4 is 29.2 Å². The van der Waals surface area contributed by atoms with Crippen LogP contribution in [0, 0.1) is 16.7 Å². The van der Waals surface area contributed by atoms with Crippen LogP contribution < -0.4 is 5.32 Å². The minimum absolute atomic E-state index is 0.198. The Balaban J connectivity index is 2.94. The van der Waals surface area contributed by atoms with Crippen molar-refractivity contribution in [3.8, 4) is 6.07 Å². The van der Waals surface area contributed by atoms with Crippen molar-refractivity contribution < 1.29 is 14.7 Å². The molecular weight excluding hydrogens is 256 g/mol. The first kappa shape index (κ1) is 14.0. The average Bonchev–Trinajstić information content (AvgIpc) is 2.28. The zero-order valence-corrected chi connectivity index (χ0v) is 10.6. The van der Waals surface area contributed by atoms with Crippen molar-refractivity contribution in [2.75, 3.05) is 5.32 Å². The minimum Gasteiger partial charge on any atom is -0.480 e. The molecule has 2 N–H and O–H groups in total. The number of amides is 1. The highest BCUT2D eigenvalue weighted by Crippen LogP contribution is 2.23. The lowest BCUT2D eigenvalue weighted by molar-refractivity contribution is -0.151. The molecule has 0 heterocycles. The second kappa shape index (κ2) is 5.07. The lowest BCUT2D eigenvalue weighted by Crippen LogP contribution is -2.37. The van der Waals surface area contributed by atoms with E-state index < -0.39 is 17.3 Å². The molecule has 0 aromatic heterocycles. The molecule has 0 saturated carbocycles. The Morgan fingerprint density at radius 1 is 1.44 bits per heavy atom. The highest BCUT2D eigenvalue weighted by molar-refractivity contribution is 6.32. The maximum atomic E-state index is 11.7. The van der Waals surface area contributed by atoms with Gasteiger partial charge < -0.3 is 10.4 Å². The molecule has 6 heteroatoms. The molecule has 18 heavy (non-hydrogen) atoms. The van der Waals surface area contributed by atoms with E-state index in [2.05, 4.69) is 5.32 Å². The van der Waals surface area contributed by atoms with Gasteiger partial charge in [0.05, 0.1) is 10.6 Å². The van der Waals surface area contributed by atoms with Gasteiger partial charge in [0.15, 0.2) is 0 Å². The van der Waals surface area contributed by atoms with Gasteiger partial charge in [-0.1, -0.05) is 11.6 Å². The Kier molecular flexibility index (Phi) is 3.94. The number of nitrogens with zero attached hydrogens (tertiary/aromatic N) is 1. The number of aliphatic carboxylic acids is 1. The fourth-order valence-electron chi connectivity index (χ4n) is 1.07. The Morgan fingerprint density at radius 2 is 2.06 bits per heavy atom. The van der Waals surface area contributed by atoms with Gasteiger partial charge in [0.2, 0.25) is 5.91 Å². The highest BCUT2D eigenvalue weighted by atomic mass is 35.5. The third-order valence-corrected chi connectivity index (χ3v) is 2.76. The van der Waals surface area contributed by atoms with Gasteiger partial charge in [0.1, 0.15) is 11.5 Å². The summed E-state index contributed by atoms with van der Waals surface area (Å²) in [6.07, 6.45) is 0. The second-order valence-electron chi connectivity index (χ2n) is 4.19. The van der Waals surface area contributed by atoms with Crippen molar-refractivity contribution in [1.82, 2.24) is 0 Å². The molecule has 1 aromatic rings. The van der Waals surface area contributed by atoms with E-state index in [0.29, 0.717) is 5.69 Å². The molecule has 0 atom stereocenters. The number of carbonyl (C=O) groups is 2. The lowest BCUT2D eigenvalue weighted by Gasteiger charge is -2.18. The zero-order chi connectivity index (χ0) is 13.9. The SMILES string of the molecule is CC(C)(C(=O)O)C(=O)Nc1ccc(C#N)c(Cl)c1. The van der Waals surface area contributed by atoms with Gasteiger partial charge in [-0.05, 0) is 32.0 Å². The van der Waals surface area contributed by atoms with E-state index in [0.717, 1.165) is 0 Å². The summed E-state index contributed by atoms with van der Waals surface area (Å²) >= 11 is 5.80. The smallest absolute Gasteiger partial charge is 0.318 e. The van der Waals surface area contributed by atoms with Gasteiger partial charge in [0, 0.05) is 5.69 Å². The van der Waals surface area contributed by atoms with Crippen LogP contribution in [-0.2, 0) is 9.59 Å². The minimum atomic E-state index is -1.54. The first-order valence-corrected chi connectivity index (χ1v) is 5.41. The molecule has 0 bridgehead atoms. The van der Waals surface area contributed by atoms with Crippen molar-refractivity contribution in [1.29, 1.82) is 5.26 Å². The molecule has 94 valence electrons. The first-order valence-electron chi connectivity index (χ1n) is 5.03. The summed E-state index contributed by atoms with van der Waals surface area (Å²) in [4.78, 5) is 22.6. The maximum absolute atomic E-state index is 11.7. The number of carboxylic acid groups (broad SMARTS) is 1. The van der Waals surface area contributed by atoms with Crippen molar-refractivity contribution in [3.05, 3.63) is 28.8 Å². The van der Waals surface area contributed by atoms with Gasteiger partial charge in [-0.3, -0.25) is 9.59 Å². The average molecular weight is 267 g/mol. The Hall–Kier alpha value is -2.06. The number of nitrogens with one attached hydrogen (secondary N) is 1. The van der Waals surface area contributed by atoms with Crippen LogP contribution >= 0.6 is 11.6 Å². The van der Waals surface area contributed by atoms with E-state index in [1.165, 1.54) is 32.0 Å². The highest BCUT2D eigenvalue weighted by Gasteiger charge is 2.36. The first-order chi connectivity index (χ1) is 8.28. The molecular formula is C12H11ClN2O3. The fourth-order valence-corrected chi connectivity index (χ4v) is 1.29. The number of rotatable bonds is 3. The van der Waals surface area contributed by atoms with Crippen molar-refractivity contribution in [2.45, 2.75) is 13.8 Å². The molecule has 1 rings (SSSR count). The summed E-state index contributed by atoms with van der Waals surface area (Å²) in [5, 5.41) is 20.2. The molecule has 0 aliphatic carbocycles. The summed E-state index contributed by atoms with van der Waals surface area (Å²) in [7, 11) is 0. The Labute approximate surface area is 109 Å². The van der Waals surface area contributed by atoms with Crippen LogP contribution in [-0.4, -0.2) is 17.0 Å². The number of hydrogen-bond donors (Lipinski definition) is 2. The summed E-state index contributed by atoms with van der Waals surface area (Å²) < 4.78 is 0. The van der Waals surface area contributed by atoms with Crippen LogP contribution in [0.5, 0.6) is 0 Å². The molecule has 0 aliphatic heterocycles. The maximum Gasteiger partial charge on any atom is 0.318 e. The monoisotopic (exact) mass is 266 g/mol. The summed E-state index contributed by atoms with van der Waals surface area (Å²) in [6, 6.07) is 6.22. The van der Waals surface area contributed by atoms with Gasteiger partial charge in [-0.15, -0.1) is 0 Å². The predicted octanol–water partition coefficient (Wildman–Crippen LogP) is 2.26. The van der Waals surface area contributed by atoms with E-state index in [1.807, 2.05) is 6.07 Å². The van der Waals surface area contributed by atoms with E-state index in [1.54, 1.807) is 0 Å². The molecule has 0 radical (unpaired) electrons. The van der Waals surface area contributed by atoms with E-state index in [4.69, 9.17) is 22.0 Å². The molecule has 1 aromatic carbocycles. The van der Waals surface area contributed by atoms with Gasteiger partial charge in [-0.25, -0.2) is 0 Å². The zero-order valence-electron chi connectivity index (χ0n) is 9.82. The van der Waals surface area contributed by atoms with Crippen molar-refractivity contribution in [2.24, 2.45) is 5.41 Å². The summed E-state index contributed by atoms with van der Waals surface area (Å²) in [6.45, 7) is 2.60. The number of benzene rings is 1. The van der Waals surface area contributed by atoms with Crippen LogP contribution in [0.1, 0.15) is 19.4 Å². The quantitative estimate of drug-likeness (QED) is 0.821. The van der Waals surface area contributed by atoms with Crippen LogP contribution in [0.3, 0.4) is 0 Å². The van der Waals surface area contributed by atoms with Crippen molar-refractivity contribution in [3.63, 3.8) is 0 Å². The van der Waals surface area contributed by atoms with Crippen LogP contribution in [0.25, 0.3) is 0 Å². The van der Waals surface area contributed by atoms with Crippen LogP contribution in [0.4, 0.5) is 5.69 Å². The molecule has 0 spiro atoms. The summed E-state index contributed by atoms with van der Waals surface area (Å²) in [5.74, 6) is -1.88. The number of carbonyl (C=O) groups excluding carboxylic acids is 1. The van der Waals surface area contributed by atoms with Crippen LogP contribution in [0.2, 0.25) is 5.02 Å². The Bertz CT molecular complexity index is 547. The fraction of sp³-hybridized carbons (Fsp3) is 0.250. The molecule has 5 nitrogen and oxygen atoms in total. The van der Waals surface area contributed by atoms with Gasteiger partial charge >= 0.3 is 5.97 Å². The molecule has 0 aliphatic rings. The number of hydrogen-bond acceptors (Lipinski definition) is 3. The topological polar surface area (TPSA) is 90.2 Å². The Morgan fingerprint density at radius 3 is 2.50 bits per heavy atom. The summed E-state index contributed by atoms with van der Waals surface area (Å²) in [5.41, 5.74) is -0.911. The molecule has 0 saturated heterocycles. The number of anilines is 1. The lowest BCUT2D eigenvalue weighted by atomic mass is 9.92. The normalized spacial score (nSPS) is 10.6. The van der Waals surface area contributed by atoms with Gasteiger partial charge in [-0.2, -0.15) is 5.26 Å². The molecule has 0 fully saturated rings. The number of nitriles is 1. The predicted molar refractivity (Wildman–Crippen MR) is 66.2 cm³/mol. The van der Waals surface area contributed by atoms with E-state index >= 15 is 0 Å². The van der Waals surface area contributed by atoms with Gasteiger partial charge in [0.25, 0.3) is 0 Å². The third-order valence-electron chi connectivity index (χ3n) is 2.45. The van der Waals surface area contributed by atoms with E-state index in [-0.39, 0.29) is 10.6 Å². The standard InChI is InChI=1S/C12H11ClN2O3/c1-12(2,11(17)18)10(16)15-8-4-3-7(6-14)9(13)5-8/h3-5H,1-2H3,(H,15,16)(H,17,18). The third kappa shape index (κ3) is 2.79. The van der Waals surface area contributed by atoms with E-state index in [9.17, 15) is 9.59 Å². The number of halogens is 1. The molecule has 0 unspecified atom stereocenters. The number of carboxylic acids is 1. The molecule has 1 amide bonds. The largest absolute Gasteiger partial charge is 0.480 e. The van der Waals surface area contributed by atoms with Crippen LogP contribution in [0.15, 0.2) is 18.2 Å².